The minimum atomic E-state index is -0.537. The smallest absolute Gasteiger partial charge is 0.0945 e. The van der Waals surface area contributed by atoms with Crippen molar-refractivity contribution in [3.63, 3.8) is 0 Å². The summed E-state index contributed by atoms with van der Waals surface area (Å²) < 4.78 is 7.44. The molecule has 108 valence electrons. The molecule has 0 amide bonds. The largest absolute Gasteiger partial charge is 0.389 e. The van der Waals surface area contributed by atoms with E-state index in [9.17, 15) is 5.11 Å². The topological polar surface area (TPSA) is 41.5 Å². The van der Waals surface area contributed by atoms with Gasteiger partial charge in [-0.3, -0.25) is 0 Å². The summed E-state index contributed by atoms with van der Waals surface area (Å²) in [6.45, 7) is 1.32. The Hall–Kier alpha value is -0.400. The highest BCUT2D eigenvalue weighted by Gasteiger charge is 2.06. The standard InChI is InChI=1S/C14H15Br2NO2S/c15-10-3-4-14(13(16)6-10)17-7-11(18)8-19-9-12-2-1-5-20-12/h1-6,11,17-18H,7-9H2. The van der Waals surface area contributed by atoms with E-state index in [1.165, 1.54) is 4.88 Å². The van der Waals surface area contributed by atoms with Crippen LogP contribution in [0.15, 0.2) is 44.7 Å². The van der Waals surface area contributed by atoms with Crippen LogP contribution in [0.1, 0.15) is 4.88 Å². The summed E-state index contributed by atoms with van der Waals surface area (Å²) in [6, 6.07) is 9.88. The quantitative estimate of drug-likeness (QED) is 0.702. The van der Waals surface area contributed by atoms with Crippen LogP contribution >= 0.6 is 43.2 Å². The molecule has 1 aromatic carbocycles. The summed E-state index contributed by atoms with van der Waals surface area (Å²) in [5, 5.41) is 15.1. The van der Waals surface area contributed by atoms with E-state index in [2.05, 4.69) is 37.2 Å². The van der Waals surface area contributed by atoms with Gasteiger partial charge in [0.05, 0.1) is 19.3 Å². The van der Waals surface area contributed by atoms with Gasteiger partial charge in [-0.05, 0) is 45.6 Å². The fourth-order valence-corrected chi connectivity index (χ4v) is 3.44. The maximum atomic E-state index is 9.88. The van der Waals surface area contributed by atoms with Gasteiger partial charge < -0.3 is 15.2 Å². The molecule has 0 bridgehead atoms. The van der Waals surface area contributed by atoms with E-state index in [0.717, 1.165) is 14.6 Å². The van der Waals surface area contributed by atoms with Crippen LogP contribution in [0.2, 0.25) is 0 Å². The van der Waals surface area contributed by atoms with Crippen LogP contribution < -0.4 is 5.32 Å². The van der Waals surface area contributed by atoms with E-state index in [1.807, 2.05) is 35.7 Å². The van der Waals surface area contributed by atoms with Crippen LogP contribution in [0, 0.1) is 0 Å². The molecule has 6 heteroatoms. The number of ether oxygens (including phenoxy) is 1. The lowest BCUT2D eigenvalue weighted by Gasteiger charge is -2.14. The van der Waals surface area contributed by atoms with Crippen molar-refractivity contribution in [1.82, 2.24) is 0 Å². The maximum absolute atomic E-state index is 9.88. The van der Waals surface area contributed by atoms with E-state index in [1.54, 1.807) is 11.3 Å². The lowest BCUT2D eigenvalue weighted by Crippen LogP contribution is -2.24. The Morgan fingerprint density at radius 3 is 2.85 bits per heavy atom. The molecular formula is C14H15Br2NO2S. The van der Waals surface area contributed by atoms with Gasteiger partial charge in [0.1, 0.15) is 0 Å². The Labute approximate surface area is 139 Å². The molecule has 0 radical (unpaired) electrons. The van der Waals surface area contributed by atoms with E-state index in [0.29, 0.717) is 19.8 Å². The summed E-state index contributed by atoms with van der Waals surface area (Å²) >= 11 is 8.53. The van der Waals surface area contributed by atoms with E-state index in [4.69, 9.17) is 4.74 Å². The molecule has 3 nitrogen and oxygen atoms in total. The average molecular weight is 421 g/mol. The highest BCUT2D eigenvalue weighted by Crippen LogP contribution is 2.26. The lowest BCUT2D eigenvalue weighted by atomic mass is 10.3. The van der Waals surface area contributed by atoms with Crippen molar-refractivity contribution in [2.24, 2.45) is 0 Å². The summed E-state index contributed by atoms with van der Waals surface area (Å²) in [6.07, 6.45) is -0.537. The van der Waals surface area contributed by atoms with Crippen molar-refractivity contribution in [2.75, 3.05) is 18.5 Å². The number of thiophene rings is 1. The number of aliphatic hydroxyl groups excluding tert-OH is 1. The Kier molecular flexibility index (Phi) is 6.51. The van der Waals surface area contributed by atoms with Gasteiger partial charge in [0, 0.05) is 26.1 Å². The molecule has 1 aromatic heterocycles. The van der Waals surface area contributed by atoms with Gasteiger partial charge in [0.2, 0.25) is 0 Å². The van der Waals surface area contributed by atoms with Crippen molar-refractivity contribution in [3.8, 4) is 0 Å². The highest BCUT2D eigenvalue weighted by molar-refractivity contribution is 9.11. The summed E-state index contributed by atoms with van der Waals surface area (Å²) in [5.41, 5.74) is 0.950. The Balaban J connectivity index is 1.70. The van der Waals surface area contributed by atoms with E-state index < -0.39 is 6.10 Å². The van der Waals surface area contributed by atoms with E-state index in [-0.39, 0.29) is 0 Å². The molecule has 0 fully saturated rings. The first-order valence-corrected chi connectivity index (χ1v) is 8.59. The van der Waals surface area contributed by atoms with Gasteiger partial charge in [0.15, 0.2) is 0 Å². The third-order valence-corrected chi connectivity index (χ3v) is 4.59. The van der Waals surface area contributed by atoms with Crippen molar-refractivity contribution < 1.29 is 9.84 Å². The number of aliphatic hydroxyl groups is 1. The second kappa shape index (κ2) is 8.14. The zero-order valence-corrected chi connectivity index (χ0v) is 14.7. The second-order valence-electron chi connectivity index (χ2n) is 4.25. The molecule has 1 heterocycles. The van der Waals surface area contributed by atoms with Crippen molar-refractivity contribution in [2.45, 2.75) is 12.7 Å². The average Bonchev–Trinajstić information content (AvgIpc) is 2.91. The van der Waals surface area contributed by atoms with Crippen LogP contribution in [0.5, 0.6) is 0 Å². The number of benzene rings is 1. The Morgan fingerprint density at radius 1 is 1.30 bits per heavy atom. The Morgan fingerprint density at radius 2 is 2.15 bits per heavy atom. The number of hydrogen-bond acceptors (Lipinski definition) is 4. The number of halogens is 2. The second-order valence-corrected chi connectivity index (χ2v) is 7.06. The molecule has 2 aromatic rings. The van der Waals surface area contributed by atoms with Crippen LogP contribution in [0.25, 0.3) is 0 Å². The molecular weight excluding hydrogens is 406 g/mol. The molecule has 2 N–H and O–H groups in total. The maximum Gasteiger partial charge on any atom is 0.0945 e. The number of nitrogens with one attached hydrogen (secondary N) is 1. The molecule has 0 aliphatic carbocycles. The summed E-state index contributed by atoms with van der Waals surface area (Å²) in [4.78, 5) is 1.17. The summed E-state index contributed by atoms with van der Waals surface area (Å²) in [7, 11) is 0. The number of hydrogen-bond donors (Lipinski definition) is 2. The first-order chi connectivity index (χ1) is 9.65. The molecule has 0 saturated carbocycles. The zero-order chi connectivity index (χ0) is 14.4. The normalized spacial score (nSPS) is 12.3. The SMILES string of the molecule is OC(CNc1ccc(Br)cc1Br)COCc1cccs1. The van der Waals surface area contributed by atoms with Crippen molar-refractivity contribution >= 4 is 48.9 Å². The first kappa shape index (κ1) is 16.0. The van der Waals surface area contributed by atoms with Gasteiger partial charge in [0.25, 0.3) is 0 Å². The fourth-order valence-electron chi connectivity index (χ4n) is 1.61. The predicted octanol–water partition coefficient (Wildman–Crippen LogP) is 4.26. The van der Waals surface area contributed by atoms with Crippen LogP contribution in [0.3, 0.4) is 0 Å². The Bertz CT molecular complexity index is 534. The molecule has 0 saturated heterocycles. The third kappa shape index (κ3) is 5.18. The van der Waals surface area contributed by atoms with Gasteiger partial charge in [-0.25, -0.2) is 0 Å². The molecule has 0 aliphatic rings. The van der Waals surface area contributed by atoms with E-state index >= 15 is 0 Å². The van der Waals surface area contributed by atoms with Crippen LogP contribution in [-0.2, 0) is 11.3 Å². The molecule has 1 atom stereocenters. The monoisotopic (exact) mass is 419 g/mol. The van der Waals surface area contributed by atoms with Gasteiger partial charge in [-0.15, -0.1) is 11.3 Å². The molecule has 0 aliphatic heterocycles. The zero-order valence-electron chi connectivity index (χ0n) is 10.7. The molecule has 2 rings (SSSR count). The lowest BCUT2D eigenvalue weighted by molar-refractivity contribution is 0.0359. The fraction of sp³-hybridized carbons (Fsp3) is 0.286. The van der Waals surface area contributed by atoms with Gasteiger partial charge in [-0.2, -0.15) is 0 Å². The third-order valence-electron chi connectivity index (χ3n) is 2.59. The van der Waals surface area contributed by atoms with Crippen LogP contribution in [0.4, 0.5) is 5.69 Å². The molecule has 0 spiro atoms. The van der Waals surface area contributed by atoms with Crippen molar-refractivity contribution in [1.29, 1.82) is 0 Å². The minimum absolute atomic E-state index is 0.318. The van der Waals surface area contributed by atoms with Crippen LogP contribution in [-0.4, -0.2) is 24.4 Å². The highest BCUT2D eigenvalue weighted by atomic mass is 79.9. The molecule has 20 heavy (non-hydrogen) atoms. The molecule has 1 unspecified atom stereocenters. The number of rotatable bonds is 7. The predicted molar refractivity (Wildman–Crippen MR) is 90.3 cm³/mol. The first-order valence-electron chi connectivity index (χ1n) is 6.12. The van der Waals surface area contributed by atoms with Gasteiger partial charge >= 0.3 is 0 Å². The van der Waals surface area contributed by atoms with Crippen molar-refractivity contribution in [3.05, 3.63) is 49.5 Å². The van der Waals surface area contributed by atoms with Gasteiger partial charge in [-0.1, -0.05) is 22.0 Å². The number of anilines is 1. The summed E-state index contributed by atoms with van der Waals surface area (Å²) in [5.74, 6) is 0. The minimum Gasteiger partial charge on any atom is -0.389 e.